The van der Waals surface area contributed by atoms with Gasteiger partial charge in [0.1, 0.15) is 6.07 Å². The van der Waals surface area contributed by atoms with Crippen LogP contribution in [0.15, 0.2) is 42.7 Å². The van der Waals surface area contributed by atoms with E-state index in [0.29, 0.717) is 5.56 Å². The van der Waals surface area contributed by atoms with Gasteiger partial charge in [0.25, 0.3) is 0 Å². The summed E-state index contributed by atoms with van der Waals surface area (Å²) in [4.78, 5) is 4.10. The Balaban J connectivity index is 2.28. The number of hydrogen-bond donors (Lipinski definition) is 2. The summed E-state index contributed by atoms with van der Waals surface area (Å²) in [6.07, 6.45) is 3.45. The molecule has 0 spiro atoms. The van der Waals surface area contributed by atoms with E-state index in [9.17, 15) is 0 Å². The molecule has 4 nitrogen and oxygen atoms in total. The number of para-hydroxylation sites is 1. The van der Waals surface area contributed by atoms with Gasteiger partial charge in [-0.3, -0.25) is 4.98 Å². The van der Waals surface area contributed by atoms with E-state index in [4.69, 9.17) is 5.26 Å². The van der Waals surface area contributed by atoms with Crippen LogP contribution >= 0.6 is 0 Å². The molecule has 4 heteroatoms. The van der Waals surface area contributed by atoms with Gasteiger partial charge in [0.05, 0.1) is 35.0 Å². The molecule has 0 saturated heterocycles. The van der Waals surface area contributed by atoms with Crippen LogP contribution in [0.1, 0.15) is 5.56 Å². The maximum absolute atomic E-state index is 8.98. The summed E-state index contributed by atoms with van der Waals surface area (Å²) < 4.78 is 0. The lowest BCUT2D eigenvalue weighted by Crippen LogP contribution is -1.96. The van der Waals surface area contributed by atoms with Gasteiger partial charge >= 0.3 is 0 Å². The second-order valence-electron chi connectivity index (χ2n) is 3.49. The average Bonchev–Trinajstić information content (AvgIpc) is 2.39. The summed E-state index contributed by atoms with van der Waals surface area (Å²) in [7, 11) is 1.84. The van der Waals surface area contributed by atoms with Crippen molar-refractivity contribution in [3.8, 4) is 6.07 Å². The van der Waals surface area contributed by atoms with Crippen LogP contribution in [-0.4, -0.2) is 12.0 Å². The van der Waals surface area contributed by atoms with Crippen LogP contribution in [0, 0.1) is 11.3 Å². The largest absolute Gasteiger partial charge is 0.387 e. The first-order chi connectivity index (χ1) is 8.33. The fourth-order valence-corrected chi connectivity index (χ4v) is 1.49. The summed E-state index contributed by atoms with van der Waals surface area (Å²) in [5, 5.41) is 15.2. The topological polar surface area (TPSA) is 60.7 Å². The maximum Gasteiger partial charge on any atom is 0.101 e. The Bertz CT molecular complexity index is 557. The van der Waals surface area contributed by atoms with E-state index in [1.807, 2.05) is 31.3 Å². The van der Waals surface area contributed by atoms with Crippen molar-refractivity contribution in [1.29, 1.82) is 5.26 Å². The molecule has 0 radical (unpaired) electrons. The van der Waals surface area contributed by atoms with Crippen molar-refractivity contribution < 1.29 is 0 Å². The molecule has 84 valence electrons. The molecule has 1 aromatic heterocycles. The highest BCUT2D eigenvalue weighted by Crippen LogP contribution is 2.21. The molecule has 2 N–H and O–H groups in total. The number of pyridine rings is 1. The first-order valence-electron chi connectivity index (χ1n) is 5.22. The van der Waals surface area contributed by atoms with E-state index >= 15 is 0 Å². The van der Waals surface area contributed by atoms with Gasteiger partial charge in [0, 0.05) is 7.05 Å². The zero-order valence-electron chi connectivity index (χ0n) is 9.44. The summed E-state index contributed by atoms with van der Waals surface area (Å²) in [6, 6.07) is 11.4. The van der Waals surface area contributed by atoms with E-state index in [1.54, 1.807) is 18.5 Å². The highest BCUT2D eigenvalue weighted by Gasteiger charge is 2.01. The summed E-state index contributed by atoms with van der Waals surface area (Å²) in [6.45, 7) is 0. The zero-order chi connectivity index (χ0) is 12.1. The van der Waals surface area contributed by atoms with E-state index in [0.717, 1.165) is 17.1 Å². The van der Waals surface area contributed by atoms with Gasteiger partial charge in [-0.25, -0.2) is 0 Å². The van der Waals surface area contributed by atoms with Gasteiger partial charge in [-0.1, -0.05) is 12.1 Å². The number of nitrogens with zero attached hydrogens (tertiary/aromatic N) is 2. The fourth-order valence-electron chi connectivity index (χ4n) is 1.49. The molecule has 0 bridgehead atoms. The van der Waals surface area contributed by atoms with Crippen molar-refractivity contribution >= 4 is 17.1 Å². The van der Waals surface area contributed by atoms with Crippen LogP contribution in [0.4, 0.5) is 17.1 Å². The lowest BCUT2D eigenvalue weighted by molar-refractivity contribution is 1.30. The highest BCUT2D eigenvalue weighted by molar-refractivity contribution is 5.67. The molecule has 17 heavy (non-hydrogen) atoms. The van der Waals surface area contributed by atoms with E-state index < -0.39 is 0 Å². The Morgan fingerprint density at radius 2 is 1.94 bits per heavy atom. The number of anilines is 3. The lowest BCUT2D eigenvalue weighted by atomic mass is 10.2. The van der Waals surface area contributed by atoms with Crippen LogP contribution < -0.4 is 10.6 Å². The minimum absolute atomic E-state index is 0.613. The number of nitriles is 1. The third kappa shape index (κ3) is 2.52. The number of benzene rings is 1. The Morgan fingerprint density at radius 3 is 2.71 bits per heavy atom. The van der Waals surface area contributed by atoms with Crippen molar-refractivity contribution in [3.05, 3.63) is 48.3 Å². The van der Waals surface area contributed by atoms with Crippen molar-refractivity contribution in [2.75, 3.05) is 17.7 Å². The fraction of sp³-hybridized carbons (Fsp3) is 0.0769. The predicted molar refractivity (Wildman–Crippen MR) is 68.2 cm³/mol. The first kappa shape index (κ1) is 11.0. The molecule has 2 aromatic rings. The van der Waals surface area contributed by atoms with Gasteiger partial charge in [-0.05, 0) is 18.2 Å². The van der Waals surface area contributed by atoms with Crippen molar-refractivity contribution in [2.24, 2.45) is 0 Å². The molecule has 0 amide bonds. The van der Waals surface area contributed by atoms with Gasteiger partial charge in [-0.15, -0.1) is 0 Å². The summed E-state index contributed by atoms with van der Waals surface area (Å²) in [5.41, 5.74) is 3.16. The molecule has 0 saturated carbocycles. The van der Waals surface area contributed by atoms with Crippen LogP contribution in [0.3, 0.4) is 0 Å². The van der Waals surface area contributed by atoms with Gasteiger partial charge in [0.15, 0.2) is 0 Å². The summed E-state index contributed by atoms with van der Waals surface area (Å²) in [5.74, 6) is 0. The zero-order valence-corrected chi connectivity index (χ0v) is 9.44. The molecular formula is C13H12N4. The number of nitrogens with one attached hydrogen (secondary N) is 2. The minimum Gasteiger partial charge on any atom is -0.387 e. The van der Waals surface area contributed by atoms with Gasteiger partial charge < -0.3 is 10.6 Å². The Morgan fingerprint density at radius 1 is 1.18 bits per heavy atom. The molecule has 0 unspecified atom stereocenters. The molecule has 2 rings (SSSR count). The normalized spacial score (nSPS) is 9.41. The van der Waals surface area contributed by atoms with Crippen molar-refractivity contribution in [2.45, 2.75) is 0 Å². The molecule has 0 aliphatic heterocycles. The van der Waals surface area contributed by atoms with Gasteiger partial charge in [0.2, 0.25) is 0 Å². The number of aromatic nitrogens is 1. The van der Waals surface area contributed by atoms with Crippen LogP contribution in [0.5, 0.6) is 0 Å². The highest BCUT2D eigenvalue weighted by atomic mass is 14.9. The molecule has 1 heterocycles. The van der Waals surface area contributed by atoms with E-state index in [1.165, 1.54) is 0 Å². The van der Waals surface area contributed by atoms with Crippen LogP contribution in [-0.2, 0) is 0 Å². The van der Waals surface area contributed by atoms with Crippen LogP contribution in [0.2, 0.25) is 0 Å². The smallest absolute Gasteiger partial charge is 0.101 e. The summed E-state index contributed by atoms with van der Waals surface area (Å²) >= 11 is 0. The standard InChI is InChI=1S/C13H12N4/c1-15-11-6-12(9-16-8-11)17-13-5-3-2-4-10(13)7-14/h2-6,8-9,15,17H,1H3. The Hall–Kier alpha value is -2.54. The Kier molecular flexibility index (Phi) is 3.22. The average molecular weight is 224 g/mol. The minimum atomic E-state index is 0.613. The predicted octanol–water partition coefficient (Wildman–Crippen LogP) is 2.74. The molecular weight excluding hydrogens is 212 g/mol. The van der Waals surface area contributed by atoms with E-state index in [2.05, 4.69) is 21.7 Å². The second kappa shape index (κ2) is 4.99. The Labute approximate surface area is 99.9 Å². The lowest BCUT2D eigenvalue weighted by Gasteiger charge is -2.08. The quantitative estimate of drug-likeness (QED) is 0.841. The molecule has 0 fully saturated rings. The third-order valence-electron chi connectivity index (χ3n) is 2.35. The maximum atomic E-state index is 8.98. The molecule has 1 aromatic carbocycles. The molecule has 0 atom stereocenters. The van der Waals surface area contributed by atoms with Gasteiger partial charge in [-0.2, -0.15) is 5.26 Å². The number of rotatable bonds is 3. The SMILES string of the molecule is CNc1cncc(Nc2ccccc2C#N)c1. The van der Waals surface area contributed by atoms with E-state index in [-0.39, 0.29) is 0 Å². The second-order valence-corrected chi connectivity index (χ2v) is 3.49. The number of hydrogen-bond acceptors (Lipinski definition) is 4. The molecule has 0 aliphatic rings. The van der Waals surface area contributed by atoms with Crippen LogP contribution in [0.25, 0.3) is 0 Å². The van der Waals surface area contributed by atoms with Crippen molar-refractivity contribution in [3.63, 3.8) is 0 Å². The monoisotopic (exact) mass is 224 g/mol. The third-order valence-corrected chi connectivity index (χ3v) is 2.35. The first-order valence-corrected chi connectivity index (χ1v) is 5.22. The van der Waals surface area contributed by atoms with Crippen molar-refractivity contribution in [1.82, 2.24) is 4.98 Å². The molecule has 0 aliphatic carbocycles.